The van der Waals surface area contributed by atoms with Crippen molar-refractivity contribution >= 4 is 28.8 Å². The monoisotopic (exact) mass is 528 g/mol. The number of hydrogen-bond acceptors (Lipinski definition) is 4. The summed E-state index contributed by atoms with van der Waals surface area (Å²) in [6.45, 7) is 1.55. The van der Waals surface area contributed by atoms with Gasteiger partial charge in [0.2, 0.25) is 0 Å². The highest BCUT2D eigenvalue weighted by atomic mass is 35.5. The van der Waals surface area contributed by atoms with Crippen molar-refractivity contribution in [1.29, 1.82) is 0 Å². The molecule has 0 aliphatic heterocycles. The van der Waals surface area contributed by atoms with E-state index >= 15 is 0 Å². The van der Waals surface area contributed by atoms with Gasteiger partial charge in [-0.25, -0.2) is 4.98 Å². The summed E-state index contributed by atoms with van der Waals surface area (Å²) in [4.78, 5) is 17.0. The molecule has 2 heterocycles. The fourth-order valence-corrected chi connectivity index (χ4v) is 4.22. The molecule has 2 aromatic carbocycles. The molecule has 0 unspecified atom stereocenters. The van der Waals surface area contributed by atoms with Gasteiger partial charge < -0.3 is 15.4 Å². The lowest BCUT2D eigenvalue weighted by molar-refractivity contribution is -0.131. The van der Waals surface area contributed by atoms with Crippen LogP contribution in [0.4, 0.5) is 18.9 Å². The van der Waals surface area contributed by atoms with Crippen LogP contribution >= 0.6 is 11.6 Å². The summed E-state index contributed by atoms with van der Waals surface area (Å²) in [7, 11) is 0. The van der Waals surface area contributed by atoms with Gasteiger partial charge in [0.15, 0.2) is 5.65 Å². The molecule has 1 fully saturated rings. The molecule has 1 aliphatic carbocycles. The van der Waals surface area contributed by atoms with Gasteiger partial charge in [-0.2, -0.15) is 13.2 Å². The molecule has 10 heteroatoms. The van der Waals surface area contributed by atoms with Gasteiger partial charge >= 0.3 is 6.18 Å². The zero-order valence-electron chi connectivity index (χ0n) is 19.9. The standard InChI is InChI=1S/C27H24ClF3N4O2/c1-16-11-17(5-8-22(16)26(36)34-19-6-7-19)24-14-33-25-23(32-10-9-27(29,30)31)13-21(15-35(24)25)37-20-4-2-3-18(28)12-20/h2-5,8,11-15,19,32H,6-7,9-10H2,1H3,(H,34,36). The SMILES string of the molecule is Cc1cc(-c2cnc3c(NCCC(F)(F)F)cc(Oc4cccc(Cl)c4)cn23)ccc1C(=O)NC1CC1. The number of ether oxygens (including phenoxy) is 1. The summed E-state index contributed by atoms with van der Waals surface area (Å²) >= 11 is 6.07. The molecular formula is C27H24ClF3N4O2. The van der Waals surface area contributed by atoms with E-state index in [2.05, 4.69) is 15.6 Å². The highest BCUT2D eigenvalue weighted by molar-refractivity contribution is 6.30. The lowest BCUT2D eigenvalue weighted by Gasteiger charge is -2.14. The maximum atomic E-state index is 12.8. The number of pyridine rings is 1. The summed E-state index contributed by atoms with van der Waals surface area (Å²) in [5.41, 5.74) is 3.75. The maximum Gasteiger partial charge on any atom is 0.390 e. The van der Waals surface area contributed by atoms with Crippen molar-refractivity contribution in [2.45, 2.75) is 38.4 Å². The van der Waals surface area contributed by atoms with Crippen LogP contribution in [-0.4, -0.2) is 34.1 Å². The third-order valence-electron chi connectivity index (χ3n) is 6.02. The van der Waals surface area contributed by atoms with Crippen molar-refractivity contribution in [3.8, 4) is 22.8 Å². The van der Waals surface area contributed by atoms with Crippen LogP contribution in [0.3, 0.4) is 0 Å². The van der Waals surface area contributed by atoms with E-state index in [1.165, 1.54) is 0 Å². The smallest absolute Gasteiger partial charge is 0.390 e. The molecule has 0 spiro atoms. The molecule has 0 bridgehead atoms. The van der Waals surface area contributed by atoms with Crippen LogP contribution in [0.1, 0.15) is 35.2 Å². The van der Waals surface area contributed by atoms with Crippen LogP contribution in [0.2, 0.25) is 5.02 Å². The number of carbonyl (C=O) groups excluding carboxylic acids is 1. The van der Waals surface area contributed by atoms with E-state index < -0.39 is 12.6 Å². The number of aryl methyl sites for hydroxylation is 1. The Kier molecular flexibility index (Phi) is 6.72. The number of nitrogens with one attached hydrogen (secondary N) is 2. The molecule has 5 rings (SSSR count). The van der Waals surface area contributed by atoms with E-state index in [1.54, 1.807) is 53.2 Å². The van der Waals surface area contributed by atoms with E-state index in [0.29, 0.717) is 39.1 Å². The number of alkyl halides is 3. The van der Waals surface area contributed by atoms with E-state index in [1.807, 2.05) is 19.1 Å². The van der Waals surface area contributed by atoms with Gasteiger partial charge in [-0.05, 0) is 55.7 Å². The zero-order valence-corrected chi connectivity index (χ0v) is 20.7. The number of halogens is 4. The number of nitrogens with zero attached hydrogens (tertiary/aromatic N) is 2. The van der Waals surface area contributed by atoms with Gasteiger partial charge in [0.05, 0.1) is 30.2 Å². The molecule has 0 radical (unpaired) electrons. The number of rotatable bonds is 8. The highest BCUT2D eigenvalue weighted by Crippen LogP contribution is 2.33. The Morgan fingerprint density at radius 3 is 2.68 bits per heavy atom. The number of imidazole rings is 1. The molecule has 192 valence electrons. The fourth-order valence-electron chi connectivity index (χ4n) is 4.04. The summed E-state index contributed by atoms with van der Waals surface area (Å²) < 4.78 is 46.1. The average Bonchev–Trinajstić information content (AvgIpc) is 3.53. The molecule has 2 N–H and O–H groups in total. The first-order chi connectivity index (χ1) is 17.7. The molecule has 4 aromatic rings. The molecule has 0 atom stereocenters. The fraction of sp³-hybridized carbons (Fsp3) is 0.259. The van der Waals surface area contributed by atoms with Crippen LogP contribution in [0.15, 0.2) is 60.9 Å². The van der Waals surface area contributed by atoms with E-state index in [0.717, 1.165) is 24.0 Å². The van der Waals surface area contributed by atoms with Gasteiger partial charge in [-0.1, -0.05) is 23.7 Å². The maximum absolute atomic E-state index is 12.8. The van der Waals surface area contributed by atoms with Crippen LogP contribution < -0.4 is 15.4 Å². The minimum atomic E-state index is -4.29. The highest BCUT2D eigenvalue weighted by Gasteiger charge is 2.27. The van der Waals surface area contributed by atoms with Crippen LogP contribution in [-0.2, 0) is 0 Å². The first-order valence-corrected chi connectivity index (χ1v) is 12.2. The predicted molar refractivity (Wildman–Crippen MR) is 137 cm³/mol. The van der Waals surface area contributed by atoms with E-state index in [-0.39, 0.29) is 18.5 Å². The lowest BCUT2D eigenvalue weighted by atomic mass is 10.0. The first-order valence-electron chi connectivity index (χ1n) is 11.8. The first kappa shape index (κ1) is 25.0. The second-order valence-electron chi connectivity index (χ2n) is 9.06. The Hall–Kier alpha value is -3.72. The predicted octanol–water partition coefficient (Wildman–Crippen LogP) is 7.01. The number of fused-ring (bicyclic) bond motifs is 1. The van der Waals surface area contributed by atoms with Gasteiger partial charge in [-0.3, -0.25) is 9.20 Å². The average molecular weight is 529 g/mol. The molecule has 37 heavy (non-hydrogen) atoms. The molecular weight excluding hydrogens is 505 g/mol. The number of carbonyl (C=O) groups is 1. The number of anilines is 1. The summed E-state index contributed by atoms with van der Waals surface area (Å²) in [5, 5.41) is 6.33. The molecule has 2 aromatic heterocycles. The van der Waals surface area contributed by atoms with Crippen LogP contribution in [0.25, 0.3) is 16.9 Å². The quantitative estimate of drug-likeness (QED) is 0.258. The number of hydrogen-bond donors (Lipinski definition) is 2. The second kappa shape index (κ2) is 9.97. The Balaban J connectivity index is 1.51. The minimum absolute atomic E-state index is 0.0990. The van der Waals surface area contributed by atoms with Crippen LogP contribution in [0, 0.1) is 6.92 Å². The van der Waals surface area contributed by atoms with Crippen molar-refractivity contribution < 1.29 is 22.7 Å². The number of amides is 1. The third-order valence-corrected chi connectivity index (χ3v) is 6.25. The molecule has 6 nitrogen and oxygen atoms in total. The second-order valence-corrected chi connectivity index (χ2v) is 9.49. The van der Waals surface area contributed by atoms with Gasteiger partial charge in [-0.15, -0.1) is 0 Å². The Labute approximate surface area is 216 Å². The largest absolute Gasteiger partial charge is 0.456 e. The third kappa shape index (κ3) is 5.99. The van der Waals surface area contributed by atoms with Gasteiger partial charge in [0.25, 0.3) is 5.91 Å². The Morgan fingerprint density at radius 2 is 1.97 bits per heavy atom. The molecule has 1 amide bonds. The van der Waals surface area contributed by atoms with Crippen LogP contribution in [0.5, 0.6) is 11.5 Å². The lowest BCUT2D eigenvalue weighted by Crippen LogP contribution is -2.26. The Morgan fingerprint density at radius 1 is 1.16 bits per heavy atom. The summed E-state index contributed by atoms with van der Waals surface area (Å²) in [6.07, 6.45) is 0.0927. The van der Waals surface area contributed by atoms with Crippen molar-refractivity contribution in [3.63, 3.8) is 0 Å². The number of aromatic nitrogens is 2. The normalized spacial score (nSPS) is 13.5. The summed E-state index contributed by atoms with van der Waals surface area (Å²) in [6, 6.07) is 14.2. The van der Waals surface area contributed by atoms with Gasteiger partial charge in [0, 0.05) is 34.8 Å². The van der Waals surface area contributed by atoms with Crippen molar-refractivity contribution in [1.82, 2.24) is 14.7 Å². The Bertz CT molecular complexity index is 1460. The molecule has 1 aliphatic rings. The molecule has 1 saturated carbocycles. The zero-order chi connectivity index (χ0) is 26.2. The minimum Gasteiger partial charge on any atom is -0.456 e. The van der Waals surface area contributed by atoms with Crippen molar-refractivity contribution in [2.75, 3.05) is 11.9 Å². The van der Waals surface area contributed by atoms with Crippen molar-refractivity contribution in [2.24, 2.45) is 0 Å². The summed E-state index contributed by atoms with van der Waals surface area (Å²) in [5.74, 6) is 0.773. The molecule has 0 saturated heterocycles. The van der Waals surface area contributed by atoms with E-state index in [4.69, 9.17) is 16.3 Å². The van der Waals surface area contributed by atoms with Gasteiger partial charge in [0.1, 0.15) is 11.5 Å². The van der Waals surface area contributed by atoms with E-state index in [9.17, 15) is 18.0 Å². The topological polar surface area (TPSA) is 67.7 Å². The van der Waals surface area contributed by atoms with Crippen molar-refractivity contribution in [3.05, 3.63) is 77.1 Å². The number of benzene rings is 2.